The third-order valence-electron chi connectivity index (χ3n) is 2.76. The first-order valence-corrected chi connectivity index (χ1v) is 6.33. The van der Waals surface area contributed by atoms with Gasteiger partial charge in [0.05, 0.1) is 13.7 Å². The Morgan fingerprint density at radius 1 is 1.39 bits per heavy atom. The van der Waals surface area contributed by atoms with Gasteiger partial charge in [0.15, 0.2) is 11.5 Å². The van der Waals surface area contributed by atoms with E-state index in [1.54, 1.807) is 7.11 Å². The van der Waals surface area contributed by atoms with E-state index in [0.717, 1.165) is 29.1 Å². The molecule has 0 saturated heterocycles. The number of hydrogen-bond acceptors (Lipinski definition) is 3. The summed E-state index contributed by atoms with van der Waals surface area (Å²) in [5.74, 6) is 1.55. The second-order valence-electron chi connectivity index (χ2n) is 4.44. The number of hydrogen-bond donors (Lipinski definition) is 1. The van der Waals surface area contributed by atoms with Crippen molar-refractivity contribution in [3.05, 3.63) is 29.3 Å². The Morgan fingerprint density at radius 2 is 2.11 bits per heavy atom. The van der Waals surface area contributed by atoms with Gasteiger partial charge in [0, 0.05) is 6.04 Å². The molecule has 18 heavy (non-hydrogen) atoms. The van der Waals surface area contributed by atoms with Crippen molar-refractivity contribution in [2.24, 2.45) is 5.73 Å². The van der Waals surface area contributed by atoms with Crippen molar-refractivity contribution in [2.45, 2.75) is 33.2 Å². The lowest BCUT2D eigenvalue weighted by molar-refractivity contribution is 0.294. The van der Waals surface area contributed by atoms with Crippen LogP contribution in [0.15, 0.2) is 23.8 Å². The molecule has 1 rings (SSSR count). The van der Waals surface area contributed by atoms with Crippen LogP contribution in [0.3, 0.4) is 0 Å². The lowest BCUT2D eigenvalue weighted by Gasteiger charge is -2.11. The van der Waals surface area contributed by atoms with Gasteiger partial charge in [-0.1, -0.05) is 24.6 Å². The number of ether oxygens (including phenoxy) is 2. The third-order valence-corrected chi connectivity index (χ3v) is 2.76. The molecule has 3 heteroatoms. The van der Waals surface area contributed by atoms with Gasteiger partial charge < -0.3 is 15.2 Å². The summed E-state index contributed by atoms with van der Waals surface area (Å²) < 4.78 is 11.0. The summed E-state index contributed by atoms with van der Waals surface area (Å²) in [7, 11) is 1.65. The van der Waals surface area contributed by atoms with Gasteiger partial charge in [-0.15, -0.1) is 0 Å². The number of nitrogens with two attached hydrogens (primary N) is 1. The number of rotatable bonds is 6. The molecule has 0 radical (unpaired) electrons. The maximum atomic E-state index is 5.83. The van der Waals surface area contributed by atoms with Gasteiger partial charge in [0.1, 0.15) is 0 Å². The van der Waals surface area contributed by atoms with Crippen molar-refractivity contribution < 1.29 is 9.47 Å². The minimum atomic E-state index is 0.0621. The van der Waals surface area contributed by atoms with E-state index in [2.05, 4.69) is 13.0 Å². The molecule has 2 N–H and O–H groups in total. The van der Waals surface area contributed by atoms with Crippen molar-refractivity contribution in [3.8, 4) is 11.5 Å². The molecule has 0 aromatic heterocycles. The van der Waals surface area contributed by atoms with Crippen LogP contribution < -0.4 is 15.2 Å². The minimum absolute atomic E-state index is 0.0621. The molecule has 1 aromatic carbocycles. The zero-order chi connectivity index (χ0) is 13.5. The normalized spacial score (nSPS) is 13.3. The molecule has 0 aliphatic carbocycles. The molecule has 0 spiro atoms. The molecule has 3 nitrogen and oxygen atoms in total. The van der Waals surface area contributed by atoms with Crippen LogP contribution in [-0.2, 0) is 0 Å². The van der Waals surface area contributed by atoms with E-state index < -0.39 is 0 Å². The highest BCUT2D eigenvalue weighted by Gasteiger charge is 2.05. The molecule has 1 unspecified atom stereocenters. The summed E-state index contributed by atoms with van der Waals surface area (Å²) in [6.07, 6.45) is 3.05. The largest absolute Gasteiger partial charge is 0.493 e. The summed E-state index contributed by atoms with van der Waals surface area (Å²) >= 11 is 0. The molecule has 100 valence electrons. The minimum Gasteiger partial charge on any atom is -0.493 e. The monoisotopic (exact) mass is 249 g/mol. The van der Waals surface area contributed by atoms with Crippen LogP contribution in [0.25, 0.3) is 6.08 Å². The summed E-state index contributed by atoms with van der Waals surface area (Å²) in [6.45, 7) is 6.78. The first kappa shape index (κ1) is 14.6. The van der Waals surface area contributed by atoms with Gasteiger partial charge in [0.25, 0.3) is 0 Å². The van der Waals surface area contributed by atoms with E-state index in [-0.39, 0.29) is 6.04 Å². The SMILES string of the molecule is CCCOc1cc(/C=C(/C)C(C)N)ccc1OC. The molecule has 0 amide bonds. The first-order chi connectivity index (χ1) is 8.58. The maximum absolute atomic E-state index is 5.83. The van der Waals surface area contributed by atoms with E-state index in [9.17, 15) is 0 Å². The summed E-state index contributed by atoms with van der Waals surface area (Å²) in [5.41, 5.74) is 8.05. The van der Waals surface area contributed by atoms with Gasteiger partial charge >= 0.3 is 0 Å². The van der Waals surface area contributed by atoms with Gasteiger partial charge in [-0.05, 0) is 38.0 Å². The predicted molar refractivity (Wildman–Crippen MR) is 76.1 cm³/mol. The first-order valence-electron chi connectivity index (χ1n) is 6.33. The van der Waals surface area contributed by atoms with Crippen LogP contribution in [0.4, 0.5) is 0 Å². The molecule has 0 saturated carbocycles. The van der Waals surface area contributed by atoms with E-state index in [0.29, 0.717) is 6.61 Å². The Bertz CT molecular complexity index is 411. The third kappa shape index (κ3) is 4.08. The lowest BCUT2D eigenvalue weighted by atomic mass is 10.1. The van der Waals surface area contributed by atoms with Crippen molar-refractivity contribution in [3.63, 3.8) is 0 Å². The Labute approximate surface area is 110 Å². The highest BCUT2D eigenvalue weighted by atomic mass is 16.5. The fraction of sp³-hybridized carbons (Fsp3) is 0.467. The molecule has 1 aromatic rings. The Balaban J connectivity index is 2.98. The van der Waals surface area contributed by atoms with E-state index in [1.807, 2.05) is 32.0 Å². The van der Waals surface area contributed by atoms with Crippen LogP contribution in [0.5, 0.6) is 11.5 Å². The topological polar surface area (TPSA) is 44.5 Å². The fourth-order valence-corrected chi connectivity index (χ4v) is 1.50. The lowest BCUT2D eigenvalue weighted by Crippen LogP contribution is -2.15. The van der Waals surface area contributed by atoms with Crippen LogP contribution in [0.1, 0.15) is 32.8 Å². The zero-order valence-electron chi connectivity index (χ0n) is 11.7. The van der Waals surface area contributed by atoms with Gasteiger partial charge in [-0.3, -0.25) is 0 Å². The quantitative estimate of drug-likeness (QED) is 0.841. The number of benzene rings is 1. The molecule has 0 heterocycles. The van der Waals surface area contributed by atoms with Crippen molar-refractivity contribution >= 4 is 6.08 Å². The summed E-state index contributed by atoms with van der Waals surface area (Å²) in [6, 6.07) is 5.97. The van der Waals surface area contributed by atoms with Crippen molar-refractivity contribution in [1.82, 2.24) is 0 Å². The molecule has 0 bridgehead atoms. The van der Waals surface area contributed by atoms with Crippen molar-refractivity contribution in [1.29, 1.82) is 0 Å². The Kier molecular flexibility index (Phi) is 5.72. The van der Waals surface area contributed by atoms with Crippen LogP contribution in [0.2, 0.25) is 0 Å². The van der Waals surface area contributed by atoms with Gasteiger partial charge in [-0.2, -0.15) is 0 Å². The van der Waals surface area contributed by atoms with E-state index in [1.165, 1.54) is 0 Å². The van der Waals surface area contributed by atoms with Crippen molar-refractivity contribution in [2.75, 3.05) is 13.7 Å². The molecule has 0 aliphatic rings. The highest BCUT2D eigenvalue weighted by Crippen LogP contribution is 2.29. The standard InChI is InChI=1S/C15H23NO2/c1-5-8-18-15-10-13(6-7-14(15)17-4)9-11(2)12(3)16/h6-7,9-10,12H,5,8,16H2,1-4H3/b11-9-. The van der Waals surface area contributed by atoms with Gasteiger partial charge in [-0.25, -0.2) is 0 Å². The highest BCUT2D eigenvalue weighted by molar-refractivity contribution is 5.58. The fourth-order valence-electron chi connectivity index (χ4n) is 1.50. The molecular formula is C15H23NO2. The maximum Gasteiger partial charge on any atom is 0.161 e. The Hall–Kier alpha value is -1.48. The molecule has 1 atom stereocenters. The average molecular weight is 249 g/mol. The zero-order valence-corrected chi connectivity index (χ0v) is 11.7. The number of methoxy groups -OCH3 is 1. The Morgan fingerprint density at radius 3 is 2.67 bits per heavy atom. The van der Waals surface area contributed by atoms with E-state index >= 15 is 0 Å². The van der Waals surface area contributed by atoms with Crippen LogP contribution >= 0.6 is 0 Å². The summed E-state index contributed by atoms with van der Waals surface area (Å²) in [5, 5.41) is 0. The van der Waals surface area contributed by atoms with Crippen LogP contribution in [0, 0.1) is 0 Å². The summed E-state index contributed by atoms with van der Waals surface area (Å²) in [4.78, 5) is 0. The second-order valence-corrected chi connectivity index (χ2v) is 4.44. The second kappa shape index (κ2) is 7.07. The smallest absolute Gasteiger partial charge is 0.161 e. The molecular weight excluding hydrogens is 226 g/mol. The van der Waals surface area contributed by atoms with Gasteiger partial charge in [0.2, 0.25) is 0 Å². The van der Waals surface area contributed by atoms with E-state index in [4.69, 9.17) is 15.2 Å². The molecule has 0 aliphatic heterocycles. The predicted octanol–water partition coefficient (Wildman–Crippen LogP) is 3.23. The molecule has 0 fully saturated rings. The average Bonchev–Trinajstić information content (AvgIpc) is 2.36. The van der Waals surface area contributed by atoms with Crippen LogP contribution in [-0.4, -0.2) is 19.8 Å².